The fourth-order valence-corrected chi connectivity index (χ4v) is 5.48. The number of rotatable bonds is 14. The van der Waals surface area contributed by atoms with Crippen LogP contribution in [-0.4, -0.2) is 12.3 Å². The first-order valence-corrected chi connectivity index (χ1v) is 12.5. The largest absolute Gasteiger partial charge is 0.0856 e. The maximum absolute atomic E-state index is 6.54. The van der Waals surface area contributed by atoms with Gasteiger partial charge >= 0.3 is 0 Å². The molecule has 0 aliphatic rings. The third kappa shape index (κ3) is 15.2. The smallest absolute Gasteiger partial charge is 0.0388 e. The van der Waals surface area contributed by atoms with Gasteiger partial charge in [0.2, 0.25) is 0 Å². The summed E-state index contributed by atoms with van der Waals surface area (Å²) in [7, 11) is 0. The van der Waals surface area contributed by atoms with E-state index in [-0.39, 0.29) is 0 Å². The molecule has 3 heteroatoms. The van der Waals surface area contributed by atoms with Crippen molar-refractivity contribution in [1.82, 2.24) is 0 Å². The third-order valence-electron chi connectivity index (χ3n) is 3.69. The van der Waals surface area contributed by atoms with Gasteiger partial charge in [-0.1, -0.05) is 101 Å². The van der Waals surface area contributed by atoms with Crippen LogP contribution in [0.25, 0.3) is 0 Å². The lowest BCUT2D eigenvalue weighted by Gasteiger charge is -2.14. The van der Waals surface area contributed by atoms with Crippen LogP contribution in [0.2, 0.25) is 0 Å². The Morgan fingerprint density at radius 1 is 0.632 bits per heavy atom. The Balaban J connectivity index is 3.39. The average molecular weight is 325 g/mol. The molecule has 0 saturated heterocycles. The summed E-state index contributed by atoms with van der Waals surface area (Å²) in [5, 5.41) is -1.50. The zero-order valence-corrected chi connectivity index (χ0v) is 15.6. The molecule has 0 aromatic rings. The van der Waals surface area contributed by atoms with E-state index in [1.54, 1.807) is 0 Å². The van der Waals surface area contributed by atoms with Crippen molar-refractivity contribution in [3.8, 4) is 0 Å². The van der Waals surface area contributed by atoms with Crippen molar-refractivity contribution >= 4 is 28.4 Å². The van der Waals surface area contributed by atoms with Crippen molar-refractivity contribution in [3.05, 3.63) is 0 Å². The number of hydrogen-bond acceptors (Lipinski definition) is 1. The molecule has 0 atom stereocenters. The third-order valence-corrected chi connectivity index (χ3v) is 7.77. The van der Waals surface area contributed by atoms with E-state index in [4.69, 9.17) is 23.0 Å². The Morgan fingerprint density at radius 2 is 0.947 bits per heavy atom. The van der Waals surface area contributed by atoms with Gasteiger partial charge in [0.1, 0.15) is 0 Å². The van der Waals surface area contributed by atoms with Gasteiger partial charge < -0.3 is 0 Å². The Bertz CT molecular complexity index is 211. The normalized spacial score (nSPS) is 11.9. The Hall–Kier alpha value is 0.940. The van der Waals surface area contributed by atoms with Gasteiger partial charge in [0.05, 0.1) is 0 Å². The van der Waals surface area contributed by atoms with Crippen LogP contribution in [0.3, 0.4) is 0 Å². The lowest BCUT2D eigenvalue weighted by Crippen LogP contribution is -1.91. The van der Waals surface area contributed by atoms with Gasteiger partial charge in [0, 0.05) is 5.39 Å². The molecule has 0 aliphatic carbocycles. The predicted octanol–water partition coefficient (Wildman–Crippen LogP) is 7.34. The van der Waals surface area contributed by atoms with Gasteiger partial charge in [0.25, 0.3) is 0 Å². The first-order chi connectivity index (χ1) is 9.12. The second kappa shape index (κ2) is 13.9. The summed E-state index contributed by atoms with van der Waals surface area (Å²) in [5.74, 6) is 0. The average Bonchev–Trinajstić information content (AvgIpc) is 2.38. The maximum atomic E-state index is 6.54. The van der Waals surface area contributed by atoms with E-state index in [1.165, 1.54) is 77.0 Å². The molecule has 0 aliphatic heterocycles. The molecule has 0 unspecified atom stereocenters. The van der Waals surface area contributed by atoms with Crippen LogP contribution in [0, 0.1) is 0 Å². The number of unbranched alkanes of at least 4 members (excludes halogenated alkanes) is 10. The van der Waals surface area contributed by atoms with E-state index >= 15 is 0 Å². The van der Waals surface area contributed by atoms with Crippen molar-refractivity contribution in [3.63, 3.8) is 0 Å². The first-order valence-electron chi connectivity index (χ1n) is 8.40. The van der Waals surface area contributed by atoms with Crippen LogP contribution in [0.1, 0.15) is 90.9 Å². The molecule has 19 heavy (non-hydrogen) atoms. The highest BCUT2D eigenvalue weighted by Gasteiger charge is 2.12. The van der Waals surface area contributed by atoms with Gasteiger partial charge in [-0.15, -0.1) is 0 Å². The van der Waals surface area contributed by atoms with E-state index in [0.717, 1.165) is 12.3 Å². The molecule has 0 fully saturated rings. The summed E-state index contributed by atoms with van der Waals surface area (Å²) in [5.41, 5.74) is 0. The highest BCUT2D eigenvalue weighted by atomic mass is 35.7. The molecule has 0 aromatic heterocycles. The molecule has 0 amide bonds. The van der Waals surface area contributed by atoms with Gasteiger partial charge in [-0.3, -0.25) is 0 Å². The molecule has 0 N–H and O–H groups in total. The molecule has 116 valence electrons. The molecule has 0 aromatic carbocycles. The Labute approximate surface area is 131 Å². The fraction of sp³-hybridized carbons (Fsp3) is 1.00. The van der Waals surface area contributed by atoms with Gasteiger partial charge in [-0.25, -0.2) is 0 Å². The molecular weight excluding hydrogens is 291 g/mol. The summed E-state index contributed by atoms with van der Waals surface area (Å²) >= 11 is 12.2. The molecular formula is C16H34ClPS. The predicted molar refractivity (Wildman–Crippen MR) is 96.6 cm³/mol. The van der Waals surface area contributed by atoms with Crippen molar-refractivity contribution in [2.45, 2.75) is 90.9 Å². The van der Waals surface area contributed by atoms with E-state index in [9.17, 15) is 0 Å². The highest BCUT2D eigenvalue weighted by Crippen LogP contribution is 2.53. The minimum atomic E-state index is -1.50. The summed E-state index contributed by atoms with van der Waals surface area (Å²) in [6.07, 6.45) is 18.4. The van der Waals surface area contributed by atoms with Crippen LogP contribution in [0.4, 0.5) is 0 Å². The van der Waals surface area contributed by atoms with Crippen LogP contribution in [0.15, 0.2) is 0 Å². The fourth-order valence-electron chi connectivity index (χ4n) is 2.37. The summed E-state index contributed by atoms with van der Waals surface area (Å²) in [6, 6.07) is 0. The van der Waals surface area contributed by atoms with E-state index in [2.05, 4.69) is 13.8 Å². The zero-order chi connectivity index (χ0) is 14.4. The van der Waals surface area contributed by atoms with Crippen LogP contribution in [-0.2, 0) is 11.8 Å². The molecule has 0 spiro atoms. The van der Waals surface area contributed by atoms with Crippen molar-refractivity contribution in [1.29, 1.82) is 0 Å². The minimum absolute atomic E-state index is 1.13. The van der Waals surface area contributed by atoms with E-state index in [1.807, 2.05) is 0 Å². The SMILES string of the molecule is CCCCCCCCP(=S)(Cl)CCCCCCCC. The Kier molecular flexibility index (Phi) is 14.6. The van der Waals surface area contributed by atoms with Crippen molar-refractivity contribution < 1.29 is 0 Å². The van der Waals surface area contributed by atoms with Gasteiger partial charge in [-0.05, 0) is 25.2 Å². The quantitative estimate of drug-likeness (QED) is 0.238. The lowest BCUT2D eigenvalue weighted by molar-refractivity contribution is 0.622. The molecule has 0 saturated carbocycles. The van der Waals surface area contributed by atoms with Crippen molar-refractivity contribution in [2.24, 2.45) is 0 Å². The molecule has 0 rings (SSSR count). The van der Waals surface area contributed by atoms with Crippen LogP contribution in [0.5, 0.6) is 0 Å². The maximum Gasteiger partial charge on any atom is 0.0388 e. The molecule has 0 radical (unpaired) electrons. The van der Waals surface area contributed by atoms with E-state index in [0.29, 0.717) is 0 Å². The second-order valence-corrected chi connectivity index (χ2v) is 12.9. The first kappa shape index (κ1) is 19.9. The number of hydrogen-bond donors (Lipinski definition) is 0. The Morgan fingerprint density at radius 3 is 1.32 bits per heavy atom. The van der Waals surface area contributed by atoms with E-state index < -0.39 is 5.39 Å². The van der Waals surface area contributed by atoms with Gasteiger partial charge in [-0.2, -0.15) is 0 Å². The topological polar surface area (TPSA) is 0 Å². The van der Waals surface area contributed by atoms with Crippen LogP contribution >= 0.6 is 16.6 Å². The monoisotopic (exact) mass is 324 g/mol. The zero-order valence-electron chi connectivity index (χ0n) is 13.1. The van der Waals surface area contributed by atoms with Crippen molar-refractivity contribution in [2.75, 3.05) is 12.3 Å². The number of halogens is 1. The second-order valence-electron chi connectivity index (χ2n) is 5.77. The summed E-state index contributed by atoms with van der Waals surface area (Å²) in [6.45, 7) is 4.53. The minimum Gasteiger partial charge on any atom is -0.0856 e. The molecule has 0 heterocycles. The standard InChI is InChI=1S/C16H34ClPS/c1-3-5-7-9-11-13-15-18(17,19)16-14-12-10-8-6-4-2/h3-16H2,1-2H3. The molecule has 0 bridgehead atoms. The van der Waals surface area contributed by atoms with Gasteiger partial charge in [0.15, 0.2) is 0 Å². The molecule has 0 nitrogen and oxygen atoms in total. The lowest BCUT2D eigenvalue weighted by atomic mass is 10.1. The highest BCUT2D eigenvalue weighted by molar-refractivity contribution is 8.27. The summed E-state index contributed by atoms with van der Waals surface area (Å²) < 4.78 is 0. The van der Waals surface area contributed by atoms with Crippen LogP contribution < -0.4 is 0 Å². The summed E-state index contributed by atoms with van der Waals surface area (Å²) in [4.78, 5) is 0.